The highest BCUT2D eigenvalue weighted by molar-refractivity contribution is 7.99. The van der Waals surface area contributed by atoms with Gasteiger partial charge in [0.25, 0.3) is 0 Å². The molecule has 0 amide bonds. The smallest absolute Gasteiger partial charge is 0.0106 e. The number of rotatable bonds is 5. The number of thioether (sulfide) groups is 1. The Kier molecular flexibility index (Phi) is 4.93. The summed E-state index contributed by atoms with van der Waals surface area (Å²) in [4.78, 5) is 1.43. The quantitative estimate of drug-likeness (QED) is 0.627. The molecular formula is C15H23NS. The molecule has 1 aliphatic carbocycles. The van der Waals surface area contributed by atoms with Crippen molar-refractivity contribution < 1.29 is 0 Å². The molecule has 17 heavy (non-hydrogen) atoms. The molecule has 1 saturated carbocycles. The molecule has 1 nitrogen and oxygen atoms in total. The lowest BCUT2D eigenvalue weighted by atomic mass is 10.2. The van der Waals surface area contributed by atoms with Gasteiger partial charge in [-0.2, -0.15) is 0 Å². The molecule has 1 fully saturated rings. The molecule has 0 aliphatic heterocycles. The van der Waals surface area contributed by atoms with Gasteiger partial charge in [0.1, 0.15) is 0 Å². The fourth-order valence-corrected chi connectivity index (χ4v) is 3.41. The van der Waals surface area contributed by atoms with E-state index in [2.05, 4.69) is 37.4 Å². The maximum absolute atomic E-state index is 3.66. The Hall–Kier alpha value is -0.470. The van der Waals surface area contributed by atoms with Crippen molar-refractivity contribution in [1.82, 2.24) is 5.32 Å². The second-order valence-electron chi connectivity index (χ2n) is 5.05. The van der Waals surface area contributed by atoms with Crippen LogP contribution in [0.25, 0.3) is 0 Å². The van der Waals surface area contributed by atoms with Crippen LogP contribution in [-0.2, 0) is 0 Å². The van der Waals surface area contributed by atoms with Crippen molar-refractivity contribution in [1.29, 1.82) is 0 Å². The molecule has 0 heterocycles. The van der Waals surface area contributed by atoms with Crippen molar-refractivity contribution in [2.24, 2.45) is 0 Å². The fraction of sp³-hybridized carbons (Fsp3) is 0.600. The number of benzene rings is 1. The first-order valence-corrected chi connectivity index (χ1v) is 7.68. The SMILES string of the molecule is Cc1ccc(SCCNC2CCCC2)c(C)c1. The maximum atomic E-state index is 3.66. The largest absolute Gasteiger partial charge is 0.313 e. The lowest BCUT2D eigenvalue weighted by Crippen LogP contribution is -2.28. The highest BCUT2D eigenvalue weighted by atomic mass is 32.2. The molecule has 1 aromatic rings. The van der Waals surface area contributed by atoms with Crippen LogP contribution in [0.1, 0.15) is 36.8 Å². The van der Waals surface area contributed by atoms with Gasteiger partial charge in [-0.25, -0.2) is 0 Å². The second-order valence-corrected chi connectivity index (χ2v) is 6.19. The summed E-state index contributed by atoms with van der Waals surface area (Å²) in [5.41, 5.74) is 2.77. The van der Waals surface area contributed by atoms with Crippen molar-refractivity contribution in [3.63, 3.8) is 0 Å². The zero-order chi connectivity index (χ0) is 12.1. The molecule has 0 aromatic heterocycles. The van der Waals surface area contributed by atoms with Crippen LogP contribution in [0.5, 0.6) is 0 Å². The summed E-state index contributed by atoms with van der Waals surface area (Å²) in [6.45, 7) is 5.51. The van der Waals surface area contributed by atoms with Crippen molar-refractivity contribution in [3.8, 4) is 0 Å². The summed E-state index contributed by atoms with van der Waals surface area (Å²) in [5, 5.41) is 3.66. The van der Waals surface area contributed by atoms with E-state index < -0.39 is 0 Å². The van der Waals surface area contributed by atoms with Crippen LogP contribution in [0, 0.1) is 13.8 Å². The number of aryl methyl sites for hydroxylation is 2. The van der Waals surface area contributed by atoms with Gasteiger partial charge in [-0.1, -0.05) is 30.5 Å². The molecule has 1 N–H and O–H groups in total. The third kappa shape index (κ3) is 4.04. The summed E-state index contributed by atoms with van der Waals surface area (Å²) < 4.78 is 0. The molecule has 0 saturated heterocycles. The zero-order valence-electron chi connectivity index (χ0n) is 11.0. The third-order valence-electron chi connectivity index (χ3n) is 3.48. The van der Waals surface area contributed by atoms with Crippen molar-refractivity contribution in [2.45, 2.75) is 50.5 Å². The standard InChI is InChI=1S/C15H23NS/c1-12-7-8-15(13(2)11-12)17-10-9-16-14-5-3-4-6-14/h7-8,11,14,16H,3-6,9-10H2,1-2H3. The summed E-state index contributed by atoms with van der Waals surface area (Å²) in [6.07, 6.45) is 5.60. The Bertz CT molecular complexity index is 356. The molecule has 2 rings (SSSR count). The van der Waals surface area contributed by atoms with Crippen LogP contribution < -0.4 is 5.32 Å². The highest BCUT2D eigenvalue weighted by Crippen LogP contribution is 2.23. The minimum Gasteiger partial charge on any atom is -0.313 e. The molecule has 94 valence electrons. The Morgan fingerprint density at radius 1 is 1.24 bits per heavy atom. The highest BCUT2D eigenvalue weighted by Gasteiger charge is 2.13. The van der Waals surface area contributed by atoms with Crippen LogP contribution in [0.15, 0.2) is 23.1 Å². The first-order valence-electron chi connectivity index (χ1n) is 6.69. The first kappa shape index (κ1) is 13.0. The van der Waals surface area contributed by atoms with E-state index in [0.29, 0.717) is 0 Å². The molecular weight excluding hydrogens is 226 g/mol. The Balaban J connectivity index is 1.70. The molecule has 0 atom stereocenters. The van der Waals surface area contributed by atoms with Gasteiger partial charge in [0.2, 0.25) is 0 Å². The van der Waals surface area contributed by atoms with E-state index >= 15 is 0 Å². The van der Waals surface area contributed by atoms with Crippen molar-refractivity contribution >= 4 is 11.8 Å². The van der Waals surface area contributed by atoms with E-state index in [1.807, 2.05) is 11.8 Å². The van der Waals surface area contributed by atoms with Gasteiger partial charge in [-0.15, -0.1) is 11.8 Å². The normalized spacial score (nSPS) is 16.6. The first-order chi connectivity index (χ1) is 8.25. The van der Waals surface area contributed by atoms with Gasteiger partial charge in [0.05, 0.1) is 0 Å². The topological polar surface area (TPSA) is 12.0 Å². The number of hydrogen-bond donors (Lipinski definition) is 1. The van der Waals surface area contributed by atoms with Crippen LogP contribution in [-0.4, -0.2) is 18.3 Å². The molecule has 1 aromatic carbocycles. The van der Waals surface area contributed by atoms with Gasteiger partial charge in [-0.05, 0) is 38.3 Å². The van der Waals surface area contributed by atoms with E-state index in [-0.39, 0.29) is 0 Å². The molecule has 0 unspecified atom stereocenters. The predicted octanol–water partition coefficient (Wildman–Crippen LogP) is 3.93. The third-order valence-corrected chi connectivity index (χ3v) is 4.66. The van der Waals surface area contributed by atoms with E-state index in [1.54, 1.807) is 0 Å². The van der Waals surface area contributed by atoms with Crippen molar-refractivity contribution in [2.75, 3.05) is 12.3 Å². The Labute approximate surface area is 109 Å². The molecule has 0 radical (unpaired) electrons. The number of hydrogen-bond acceptors (Lipinski definition) is 2. The summed E-state index contributed by atoms with van der Waals surface area (Å²) in [7, 11) is 0. The molecule has 1 aliphatic rings. The Morgan fingerprint density at radius 3 is 2.71 bits per heavy atom. The lowest BCUT2D eigenvalue weighted by Gasteiger charge is -2.12. The van der Waals surface area contributed by atoms with Gasteiger partial charge in [0.15, 0.2) is 0 Å². The van der Waals surface area contributed by atoms with E-state index in [0.717, 1.165) is 12.6 Å². The van der Waals surface area contributed by atoms with E-state index in [4.69, 9.17) is 0 Å². The fourth-order valence-electron chi connectivity index (χ4n) is 2.52. The molecule has 0 spiro atoms. The minimum absolute atomic E-state index is 0.801. The minimum atomic E-state index is 0.801. The van der Waals surface area contributed by atoms with Gasteiger partial charge in [0, 0.05) is 23.2 Å². The monoisotopic (exact) mass is 249 g/mol. The summed E-state index contributed by atoms with van der Waals surface area (Å²) >= 11 is 1.98. The Morgan fingerprint density at radius 2 is 2.00 bits per heavy atom. The van der Waals surface area contributed by atoms with Gasteiger partial charge < -0.3 is 5.32 Å². The second kappa shape index (κ2) is 6.46. The van der Waals surface area contributed by atoms with Gasteiger partial charge in [-0.3, -0.25) is 0 Å². The van der Waals surface area contributed by atoms with Crippen LogP contribution in [0.4, 0.5) is 0 Å². The summed E-state index contributed by atoms with van der Waals surface area (Å²) in [6, 6.07) is 7.53. The van der Waals surface area contributed by atoms with Crippen LogP contribution >= 0.6 is 11.8 Å². The van der Waals surface area contributed by atoms with Gasteiger partial charge >= 0.3 is 0 Å². The number of nitrogens with one attached hydrogen (secondary N) is 1. The summed E-state index contributed by atoms with van der Waals surface area (Å²) in [5.74, 6) is 1.18. The van der Waals surface area contributed by atoms with Crippen LogP contribution in [0.2, 0.25) is 0 Å². The average Bonchev–Trinajstić information content (AvgIpc) is 2.79. The molecule has 2 heteroatoms. The van der Waals surface area contributed by atoms with E-state index in [9.17, 15) is 0 Å². The van der Waals surface area contributed by atoms with Crippen molar-refractivity contribution in [3.05, 3.63) is 29.3 Å². The lowest BCUT2D eigenvalue weighted by molar-refractivity contribution is 0.545. The van der Waals surface area contributed by atoms with Crippen LogP contribution in [0.3, 0.4) is 0 Å². The maximum Gasteiger partial charge on any atom is 0.0106 e. The van der Waals surface area contributed by atoms with E-state index in [1.165, 1.54) is 47.5 Å². The predicted molar refractivity (Wildman–Crippen MR) is 76.9 cm³/mol. The molecule has 0 bridgehead atoms. The average molecular weight is 249 g/mol. The zero-order valence-corrected chi connectivity index (χ0v) is 11.8.